The van der Waals surface area contributed by atoms with Crippen molar-refractivity contribution in [2.24, 2.45) is 11.8 Å². The maximum atomic E-state index is 6.36. The lowest BCUT2D eigenvalue weighted by atomic mass is 10.0. The lowest BCUT2D eigenvalue weighted by Crippen LogP contribution is -2.18. The van der Waals surface area contributed by atoms with Crippen molar-refractivity contribution in [1.82, 2.24) is 15.3 Å². The van der Waals surface area contributed by atoms with Gasteiger partial charge in [0.25, 0.3) is 0 Å². The number of nitrogens with one attached hydrogen (secondary N) is 2. The molecule has 0 radical (unpaired) electrons. The summed E-state index contributed by atoms with van der Waals surface area (Å²) >= 11 is 12.2. The summed E-state index contributed by atoms with van der Waals surface area (Å²) < 4.78 is 12.0. The predicted octanol–water partition coefficient (Wildman–Crippen LogP) is 5.07. The van der Waals surface area contributed by atoms with Gasteiger partial charge in [0, 0.05) is 17.1 Å². The normalized spacial score (nSPS) is 22.8. The molecule has 2 aromatic carbocycles. The number of aromatic nitrogens is 2. The van der Waals surface area contributed by atoms with E-state index in [1.165, 1.54) is 6.33 Å². The summed E-state index contributed by atoms with van der Waals surface area (Å²) in [5, 5.41) is 8.57. The van der Waals surface area contributed by atoms with Crippen molar-refractivity contribution >= 4 is 45.6 Å². The van der Waals surface area contributed by atoms with E-state index in [-0.39, 0.29) is 6.10 Å². The van der Waals surface area contributed by atoms with Gasteiger partial charge in [-0.05, 0) is 62.0 Å². The summed E-state index contributed by atoms with van der Waals surface area (Å²) in [7, 11) is 1.65. The maximum absolute atomic E-state index is 6.36. The first-order chi connectivity index (χ1) is 14.6. The Morgan fingerprint density at radius 3 is 2.53 bits per heavy atom. The average Bonchev–Trinajstić information content (AvgIpc) is 3.32. The Bertz CT molecular complexity index is 1080. The molecule has 156 valence electrons. The molecule has 6 nitrogen and oxygen atoms in total. The highest BCUT2D eigenvalue weighted by Gasteiger charge is 2.38. The summed E-state index contributed by atoms with van der Waals surface area (Å²) in [6.45, 7) is 2.19. The number of methoxy groups -OCH3 is 1. The SMILES string of the molecule is COc1cc2c(Nc3ccc(Cl)c(Cl)c3)ncnc2cc1OC1C[C@H]2CNC[C@H]2C1. The van der Waals surface area contributed by atoms with Gasteiger partial charge >= 0.3 is 0 Å². The quantitative estimate of drug-likeness (QED) is 0.572. The number of fused-ring (bicyclic) bond motifs is 2. The van der Waals surface area contributed by atoms with Crippen LogP contribution in [0.3, 0.4) is 0 Å². The molecule has 1 aromatic heterocycles. The molecule has 3 atom stereocenters. The molecule has 30 heavy (non-hydrogen) atoms. The first kappa shape index (κ1) is 19.7. The fourth-order valence-electron chi connectivity index (χ4n) is 4.51. The number of rotatable bonds is 5. The van der Waals surface area contributed by atoms with Crippen LogP contribution in [0.1, 0.15) is 12.8 Å². The molecule has 1 unspecified atom stereocenters. The molecule has 0 spiro atoms. The van der Waals surface area contributed by atoms with Crippen molar-refractivity contribution < 1.29 is 9.47 Å². The molecule has 0 amide bonds. The van der Waals surface area contributed by atoms with Crippen LogP contribution < -0.4 is 20.1 Å². The van der Waals surface area contributed by atoms with Crippen LogP contribution in [0.4, 0.5) is 11.5 Å². The van der Waals surface area contributed by atoms with Crippen molar-refractivity contribution in [2.75, 3.05) is 25.5 Å². The minimum atomic E-state index is 0.212. The van der Waals surface area contributed by atoms with Gasteiger partial charge in [0.1, 0.15) is 12.1 Å². The van der Waals surface area contributed by atoms with E-state index in [1.807, 2.05) is 18.2 Å². The minimum absolute atomic E-state index is 0.212. The van der Waals surface area contributed by atoms with E-state index in [9.17, 15) is 0 Å². The van der Waals surface area contributed by atoms with Gasteiger partial charge in [0.05, 0.1) is 28.8 Å². The number of benzene rings is 2. The molecule has 1 saturated heterocycles. The molecule has 2 heterocycles. The van der Waals surface area contributed by atoms with Gasteiger partial charge in [-0.2, -0.15) is 0 Å². The molecule has 2 aliphatic rings. The molecular formula is C22H22Cl2N4O2. The molecule has 3 aromatic rings. The Hall–Kier alpha value is -2.28. The van der Waals surface area contributed by atoms with E-state index in [0.717, 1.165) is 48.3 Å². The smallest absolute Gasteiger partial charge is 0.163 e. The number of hydrogen-bond donors (Lipinski definition) is 2. The standard InChI is InChI=1S/C22H22Cl2N4O2/c1-29-20-7-16-19(8-21(20)30-15-4-12-9-25-10-13(12)5-15)26-11-27-22(16)28-14-2-3-17(23)18(24)6-14/h2-3,6-8,11-13,15,25H,4-5,9-10H2,1H3,(H,26,27,28)/t12-,13+,15?. The van der Waals surface area contributed by atoms with Crippen molar-refractivity contribution in [2.45, 2.75) is 18.9 Å². The molecule has 2 N–H and O–H groups in total. The minimum Gasteiger partial charge on any atom is -0.493 e. The summed E-state index contributed by atoms with van der Waals surface area (Å²) in [5.74, 6) is 3.48. The second kappa shape index (κ2) is 8.10. The van der Waals surface area contributed by atoms with E-state index in [4.69, 9.17) is 32.7 Å². The second-order valence-corrected chi connectivity index (χ2v) is 8.70. The Morgan fingerprint density at radius 2 is 1.80 bits per heavy atom. The predicted molar refractivity (Wildman–Crippen MR) is 119 cm³/mol. The van der Waals surface area contributed by atoms with Crippen LogP contribution in [0.5, 0.6) is 11.5 Å². The lowest BCUT2D eigenvalue weighted by molar-refractivity contribution is 0.191. The van der Waals surface area contributed by atoms with Gasteiger partial charge in [0.15, 0.2) is 11.5 Å². The largest absolute Gasteiger partial charge is 0.493 e. The molecule has 1 saturated carbocycles. The van der Waals surface area contributed by atoms with Crippen LogP contribution in [0.2, 0.25) is 10.0 Å². The third-order valence-electron chi connectivity index (χ3n) is 6.01. The van der Waals surface area contributed by atoms with E-state index in [2.05, 4.69) is 20.6 Å². The third-order valence-corrected chi connectivity index (χ3v) is 6.75. The van der Waals surface area contributed by atoms with Gasteiger partial charge in [-0.1, -0.05) is 23.2 Å². The van der Waals surface area contributed by atoms with Gasteiger partial charge < -0.3 is 20.1 Å². The number of halogens is 2. The van der Waals surface area contributed by atoms with E-state index < -0.39 is 0 Å². The van der Waals surface area contributed by atoms with Crippen LogP contribution in [0, 0.1) is 11.8 Å². The average molecular weight is 445 g/mol. The van der Waals surface area contributed by atoms with Gasteiger partial charge in [-0.25, -0.2) is 9.97 Å². The Labute approximate surface area is 184 Å². The highest BCUT2D eigenvalue weighted by Crippen LogP contribution is 2.40. The summed E-state index contributed by atoms with van der Waals surface area (Å²) in [6.07, 6.45) is 3.90. The van der Waals surface area contributed by atoms with Crippen LogP contribution in [-0.2, 0) is 0 Å². The van der Waals surface area contributed by atoms with Crippen LogP contribution in [0.15, 0.2) is 36.7 Å². The monoisotopic (exact) mass is 444 g/mol. The molecule has 0 bridgehead atoms. The zero-order chi connectivity index (χ0) is 20.7. The van der Waals surface area contributed by atoms with Crippen LogP contribution in [-0.4, -0.2) is 36.3 Å². The molecule has 5 rings (SSSR count). The first-order valence-corrected chi connectivity index (χ1v) is 10.8. The third kappa shape index (κ3) is 3.75. The van der Waals surface area contributed by atoms with Crippen molar-refractivity contribution in [3.05, 3.63) is 46.7 Å². The number of ether oxygens (including phenoxy) is 2. The van der Waals surface area contributed by atoms with Crippen molar-refractivity contribution in [3.63, 3.8) is 0 Å². The van der Waals surface area contributed by atoms with Crippen LogP contribution in [0.25, 0.3) is 10.9 Å². The highest BCUT2D eigenvalue weighted by atomic mass is 35.5. The molecule has 1 aliphatic carbocycles. The highest BCUT2D eigenvalue weighted by molar-refractivity contribution is 6.42. The van der Waals surface area contributed by atoms with Gasteiger partial charge in [-0.15, -0.1) is 0 Å². The topological polar surface area (TPSA) is 68.3 Å². The Balaban J connectivity index is 1.44. The molecule has 2 fully saturated rings. The maximum Gasteiger partial charge on any atom is 0.163 e. The van der Waals surface area contributed by atoms with Gasteiger partial charge in [-0.3, -0.25) is 0 Å². The Morgan fingerprint density at radius 1 is 1.00 bits per heavy atom. The van der Waals surface area contributed by atoms with Crippen molar-refractivity contribution in [1.29, 1.82) is 0 Å². The number of nitrogens with zero attached hydrogens (tertiary/aromatic N) is 2. The van der Waals surface area contributed by atoms with Crippen molar-refractivity contribution in [3.8, 4) is 11.5 Å². The molecular weight excluding hydrogens is 423 g/mol. The first-order valence-electron chi connectivity index (χ1n) is 10.0. The fourth-order valence-corrected chi connectivity index (χ4v) is 4.81. The Kier molecular flexibility index (Phi) is 5.31. The molecule has 1 aliphatic heterocycles. The summed E-state index contributed by atoms with van der Waals surface area (Å²) in [4.78, 5) is 8.84. The van der Waals surface area contributed by atoms with Gasteiger partial charge in [0.2, 0.25) is 0 Å². The van der Waals surface area contributed by atoms with Crippen LogP contribution >= 0.6 is 23.2 Å². The number of hydrogen-bond acceptors (Lipinski definition) is 6. The zero-order valence-corrected chi connectivity index (χ0v) is 18.0. The zero-order valence-electron chi connectivity index (χ0n) is 16.5. The second-order valence-electron chi connectivity index (χ2n) is 7.89. The van der Waals surface area contributed by atoms with E-state index in [1.54, 1.807) is 19.2 Å². The lowest BCUT2D eigenvalue weighted by Gasteiger charge is -2.18. The molecule has 8 heteroatoms. The number of anilines is 2. The summed E-state index contributed by atoms with van der Waals surface area (Å²) in [5.41, 5.74) is 1.57. The van der Waals surface area contributed by atoms with E-state index >= 15 is 0 Å². The van der Waals surface area contributed by atoms with E-state index in [0.29, 0.717) is 33.4 Å². The fraction of sp³-hybridized carbons (Fsp3) is 0.364. The summed E-state index contributed by atoms with van der Waals surface area (Å²) in [6, 6.07) is 9.21.